The van der Waals surface area contributed by atoms with Gasteiger partial charge in [0.2, 0.25) is 0 Å². The lowest BCUT2D eigenvalue weighted by Crippen LogP contribution is -2.41. The molecule has 0 saturated carbocycles. The molecule has 1 aromatic heterocycles. The van der Waals surface area contributed by atoms with Gasteiger partial charge in [-0.3, -0.25) is 23.5 Å². The molecule has 1 aromatic carbocycles. The molecule has 2 aromatic rings. The Morgan fingerprint density at radius 2 is 1.80 bits per heavy atom. The summed E-state index contributed by atoms with van der Waals surface area (Å²) in [5.74, 6) is -0.601. The molecule has 0 N–H and O–H groups in total. The Labute approximate surface area is 118 Å². The van der Waals surface area contributed by atoms with Crippen LogP contribution >= 0.6 is 11.6 Å². The fourth-order valence-electron chi connectivity index (χ4n) is 1.64. The van der Waals surface area contributed by atoms with Crippen molar-refractivity contribution in [3.05, 3.63) is 62.4 Å². The van der Waals surface area contributed by atoms with Gasteiger partial charge in [0.1, 0.15) is 6.54 Å². The summed E-state index contributed by atoms with van der Waals surface area (Å²) in [6.45, 7) is -0.300. The van der Waals surface area contributed by atoms with Gasteiger partial charge in [-0.05, 0) is 24.3 Å². The van der Waals surface area contributed by atoms with Gasteiger partial charge in [0.25, 0.3) is 0 Å². The van der Waals surface area contributed by atoms with Crippen LogP contribution in [0, 0.1) is 0 Å². The molecule has 104 valence electrons. The number of esters is 1. The fraction of sp³-hybridized carbons (Fsp3) is 0.154. The molecule has 0 spiro atoms. The third-order valence-corrected chi connectivity index (χ3v) is 2.94. The summed E-state index contributed by atoms with van der Waals surface area (Å²) in [4.78, 5) is 35.0. The summed E-state index contributed by atoms with van der Waals surface area (Å²) in [5.41, 5.74) is -1.03. The summed E-state index contributed by atoms with van der Waals surface area (Å²) in [6.07, 6.45) is 2.77. The van der Waals surface area contributed by atoms with Crippen LogP contribution in [0.2, 0.25) is 5.02 Å². The van der Waals surface area contributed by atoms with Crippen molar-refractivity contribution in [1.29, 1.82) is 0 Å². The van der Waals surface area contributed by atoms with Crippen LogP contribution in [0.25, 0.3) is 5.69 Å². The van der Waals surface area contributed by atoms with Gasteiger partial charge in [-0.25, -0.2) is 0 Å². The van der Waals surface area contributed by atoms with Crippen LogP contribution in [-0.4, -0.2) is 22.2 Å². The zero-order valence-corrected chi connectivity index (χ0v) is 11.3. The zero-order valence-electron chi connectivity index (χ0n) is 10.6. The number of carbonyl (C=O) groups excluding carboxylic acids is 1. The van der Waals surface area contributed by atoms with Gasteiger partial charge in [0, 0.05) is 23.1 Å². The molecule has 7 heteroatoms. The third kappa shape index (κ3) is 2.80. The van der Waals surface area contributed by atoms with Crippen LogP contribution in [0.3, 0.4) is 0 Å². The zero-order chi connectivity index (χ0) is 14.7. The number of ether oxygens (including phenoxy) is 1. The van der Waals surface area contributed by atoms with Crippen molar-refractivity contribution < 1.29 is 9.53 Å². The normalized spacial score (nSPS) is 10.3. The van der Waals surface area contributed by atoms with Gasteiger partial charge in [-0.1, -0.05) is 11.6 Å². The predicted octanol–water partition coefficient (Wildman–Crippen LogP) is 0.826. The minimum absolute atomic E-state index is 0.300. The van der Waals surface area contributed by atoms with E-state index in [9.17, 15) is 14.4 Å². The van der Waals surface area contributed by atoms with Crippen molar-refractivity contribution in [3.8, 4) is 5.69 Å². The monoisotopic (exact) mass is 294 g/mol. The second-order valence-corrected chi connectivity index (χ2v) is 4.40. The van der Waals surface area contributed by atoms with E-state index in [2.05, 4.69) is 4.74 Å². The summed E-state index contributed by atoms with van der Waals surface area (Å²) < 4.78 is 6.64. The molecule has 0 fully saturated rings. The number of methoxy groups -OCH3 is 1. The molecule has 0 aliphatic heterocycles. The molecule has 0 saturated heterocycles. The van der Waals surface area contributed by atoms with E-state index in [4.69, 9.17) is 11.6 Å². The van der Waals surface area contributed by atoms with E-state index in [1.807, 2.05) is 0 Å². The number of aromatic nitrogens is 2. The van der Waals surface area contributed by atoms with E-state index < -0.39 is 17.1 Å². The number of halogens is 1. The largest absolute Gasteiger partial charge is 0.468 e. The van der Waals surface area contributed by atoms with Crippen LogP contribution in [0.15, 0.2) is 46.2 Å². The smallest absolute Gasteiger partial charge is 0.325 e. The van der Waals surface area contributed by atoms with Crippen LogP contribution in [-0.2, 0) is 16.1 Å². The Morgan fingerprint density at radius 3 is 2.40 bits per heavy atom. The van der Waals surface area contributed by atoms with Crippen molar-refractivity contribution >= 4 is 17.6 Å². The first-order valence-electron chi connectivity index (χ1n) is 5.68. The number of hydrogen-bond acceptors (Lipinski definition) is 4. The number of hydrogen-bond donors (Lipinski definition) is 0. The lowest BCUT2D eigenvalue weighted by atomic mass is 10.3. The number of benzene rings is 1. The molecule has 0 bridgehead atoms. The SMILES string of the molecule is COC(=O)Cn1ccn(-c2ccc(Cl)cc2)c(=O)c1=O. The lowest BCUT2D eigenvalue weighted by Gasteiger charge is -2.08. The highest BCUT2D eigenvalue weighted by Crippen LogP contribution is 2.11. The number of carbonyl (C=O) groups is 1. The van der Waals surface area contributed by atoms with Crippen molar-refractivity contribution in [2.45, 2.75) is 6.54 Å². The van der Waals surface area contributed by atoms with E-state index in [1.54, 1.807) is 24.3 Å². The van der Waals surface area contributed by atoms with Crippen molar-refractivity contribution in [3.63, 3.8) is 0 Å². The third-order valence-electron chi connectivity index (χ3n) is 2.69. The van der Waals surface area contributed by atoms with Gasteiger partial charge < -0.3 is 4.74 Å². The summed E-state index contributed by atoms with van der Waals surface area (Å²) in [7, 11) is 1.21. The Bertz CT molecular complexity index is 746. The molecule has 0 atom stereocenters. The minimum atomic E-state index is -0.798. The summed E-state index contributed by atoms with van der Waals surface area (Å²) >= 11 is 5.76. The molecule has 2 rings (SSSR count). The van der Waals surface area contributed by atoms with E-state index in [-0.39, 0.29) is 6.54 Å². The molecule has 0 amide bonds. The quantitative estimate of drug-likeness (QED) is 0.621. The molecule has 6 nitrogen and oxygen atoms in total. The first-order chi connectivity index (χ1) is 9.52. The first kappa shape index (κ1) is 14.1. The van der Waals surface area contributed by atoms with Gasteiger partial charge in [-0.15, -0.1) is 0 Å². The summed E-state index contributed by atoms with van der Waals surface area (Å²) in [5, 5.41) is 0.529. The van der Waals surface area contributed by atoms with Crippen LogP contribution in [0.5, 0.6) is 0 Å². The van der Waals surface area contributed by atoms with Crippen molar-refractivity contribution in [2.75, 3.05) is 7.11 Å². The number of nitrogens with zero attached hydrogens (tertiary/aromatic N) is 2. The van der Waals surface area contributed by atoms with Crippen LogP contribution < -0.4 is 11.1 Å². The number of rotatable bonds is 3. The van der Waals surface area contributed by atoms with Gasteiger partial charge >= 0.3 is 17.1 Å². The van der Waals surface area contributed by atoms with Crippen molar-refractivity contribution in [2.24, 2.45) is 0 Å². The topological polar surface area (TPSA) is 70.3 Å². The van der Waals surface area contributed by atoms with E-state index >= 15 is 0 Å². The van der Waals surface area contributed by atoms with Crippen LogP contribution in [0.1, 0.15) is 0 Å². The Morgan fingerprint density at radius 1 is 1.15 bits per heavy atom. The molecule has 0 aliphatic rings. The Balaban J connectivity index is 2.46. The Hall–Kier alpha value is -2.34. The average Bonchev–Trinajstić information content (AvgIpc) is 2.45. The van der Waals surface area contributed by atoms with Crippen molar-refractivity contribution in [1.82, 2.24) is 9.13 Å². The van der Waals surface area contributed by atoms with Gasteiger partial charge in [-0.2, -0.15) is 0 Å². The van der Waals surface area contributed by atoms with E-state index in [0.717, 1.165) is 4.57 Å². The maximum atomic E-state index is 12.0. The van der Waals surface area contributed by atoms with Gasteiger partial charge in [0.05, 0.1) is 7.11 Å². The first-order valence-corrected chi connectivity index (χ1v) is 6.05. The highest BCUT2D eigenvalue weighted by atomic mass is 35.5. The van der Waals surface area contributed by atoms with Gasteiger partial charge in [0.15, 0.2) is 0 Å². The maximum absolute atomic E-state index is 12.0. The van der Waals surface area contributed by atoms with E-state index in [1.165, 1.54) is 24.1 Å². The fourth-order valence-corrected chi connectivity index (χ4v) is 1.77. The van der Waals surface area contributed by atoms with E-state index in [0.29, 0.717) is 10.7 Å². The highest BCUT2D eigenvalue weighted by molar-refractivity contribution is 6.30. The molecule has 1 heterocycles. The molecule has 0 unspecified atom stereocenters. The summed E-state index contributed by atoms with van der Waals surface area (Å²) in [6, 6.07) is 6.47. The predicted molar refractivity (Wildman–Crippen MR) is 73.3 cm³/mol. The second kappa shape index (κ2) is 5.75. The second-order valence-electron chi connectivity index (χ2n) is 3.96. The lowest BCUT2D eigenvalue weighted by molar-refractivity contribution is -0.141. The Kier molecular flexibility index (Phi) is 4.05. The highest BCUT2D eigenvalue weighted by Gasteiger charge is 2.09. The molecule has 20 heavy (non-hydrogen) atoms. The maximum Gasteiger partial charge on any atom is 0.325 e. The molecule has 0 aliphatic carbocycles. The standard InChI is InChI=1S/C13H11ClN2O4/c1-20-11(17)8-15-6-7-16(13(19)12(15)18)10-4-2-9(14)3-5-10/h2-7H,8H2,1H3. The average molecular weight is 295 g/mol. The molecular weight excluding hydrogens is 284 g/mol. The molecule has 0 radical (unpaired) electrons. The minimum Gasteiger partial charge on any atom is -0.468 e. The molecular formula is C13H11ClN2O4. The van der Waals surface area contributed by atoms with Crippen LogP contribution in [0.4, 0.5) is 0 Å².